The van der Waals surface area contributed by atoms with E-state index in [0.29, 0.717) is 18.5 Å². The molecule has 2 heterocycles. The highest BCUT2D eigenvalue weighted by Crippen LogP contribution is 2.26. The standard InChI is InChI=1S/C19H27N3O2S/c1-14-16(22-19(24-14)17-9-6-12-25-17)13-18(23)21-11-10-20-15-7-4-2-3-5-8-15/h6,9,12,15,20H,2-5,7-8,10-11,13H2,1H3,(H,21,23). The van der Waals surface area contributed by atoms with Crippen LogP contribution in [0.15, 0.2) is 21.9 Å². The smallest absolute Gasteiger partial charge is 0.236 e. The molecule has 5 nitrogen and oxygen atoms in total. The van der Waals surface area contributed by atoms with Gasteiger partial charge in [0.15, 0.2) is 0 Å². The van der Waals surface area contributed by atoms with Crippen LogP contribution in [-0.2, 0) is 11.2 Å². The van der Waals surface area contributed by atoms with E-state index in [1.54, 1.807) is 11.3 Å². The van der Waals surface area contributed by atoms with E-state index in [4.69, 9.17) is 4.42 Å². The van der Waals surface area contributed by atoms with Gasteiger partial charge in [-0.1, -0.05) is 31.7 Å². The van der Waals surface area contributed by atoms with Crippen molar-refractivity contribution in [2.24, 2.45) is 0 Å². The Morgan fingerprint density at radius 3 is 2.80 bits per heavy atom. The van der Waals surface area contributed by atoms with Gasteiger partial charge in [0.2, 0.25) is 11.8 Å². The number of nitrogens with one attached hydrogen (secondary N) is 2. The van der Waals surface area contributed by atoms with Crippen LogP contribution in [0.5, 0.6) is 0 Å². The summed E-state index contributed by atoms with van der Waals surface area (Å²) in [5, 5.41) is 8.53. The SMILES string of the molecule is Cc1oc(-c2cccs2)nc1CC(=O)NCCNC1CCCCCC1. The molecule has 1 amide bonds. The van der Waals surface area contributed by atoms with Crippen molar-refractivity contribution in [3.63, 3.8) is 0 Å². The zero-order valence-corrected chi connectivity index (χ0v) is 15.7. The topological polar surface area (TPSA) is 67.2 Å². The van der Waals surface area contributed by atoms with Crippen LogP contribution in [0, 0.1) is 6.92 Å². The highest BCUT2D eigenvalue weighted by Gasteiger charge is 2.15. The Hall–Kier alpha value is -1.66. The number of aromatic nitrogens is 1. The lowest BCUT2D eigenvalue weighted by atomic mass is 10.1. The van der Waals surface area contributed by atoms with E-state index in [9.17, 15) is 4.79 Å². The molecule has 0 saturated heterocycles. The summed E-state index contributed by atoms with van der Waals surface area (Å²) in [4.78, 5) is 17.6. The Kier molecular flexibility index (Phi) is 6.64. The van der Waals surface area contributed by atoms with Crippen LogP contribution in [0.2, 0.25) is 0 Å². The Balaban J connectivity index is 1.40. The van der Waals surface area contributed by atoms with Crippen LogP contribution in [0.4, 0.5) is 0 Å². The second-order valence-corrected chi connectivity index (χ2v) is 7.62. The maximum atomic E-state index is 12.1. The van der Waals surface area contributed by atoms with Crippen molar-refractivity contribution in [1.29, 1.82) is 0 Å². The molecule has 0 radical (unpaired) electrons. The minimum Gasteiger partial charge on any atom is -0.440 e. The van der Waals surface area contributed by atoms with Crippen LogP contribution in [0.1, 0.15) is 50.0 Å². The van der Waals surface area contributed by atoms with Gasteiger partial charge in [0.05, 0.1) is 17.0 Å². The monoisotopic (exact) mass is 361 g/mol. The van der Waals surface area contributed by atoms with Gasteiger partial charge in [0, 0.05) is 19.1 Å². The molecular formula is C19H27N3O2S. The molecule has 0 atom stereocenters. The van der Waals surface area contributed by atoms with Gasteiger partial charge in [0.25, 0.3) is 0 Å². The van der Waals surface area contributed by atoms with E-state index in [0.717, 1.165) is 22.9 Å². The van der Waals surface area contributed by atoms with E-state index in [2.05, 4.69) is 15.6 Å². The summed E-state index contributed by atoms with van der Waals surface area (Å²) in [7, 11) is 0. The van der Waals surface area contributed by atoms with E-state index in [1.165, 1.54) is 38.5 Å². The predicted molar refractivity (Wildman–Crippen MR) is 101 cm³/mol. The fourth-order valence-corrected chi connectivity index (χ4v) is 3.92. The second-order valence-electron chi connectivity index (χ2n) is 6.67. The first-order valence-corrected chi connectivity index (χ1v) is 10.1. The fourth-order valence-electron chi connectivity index (χ4n) is 3.27. The van der Waals surface area contributed by atoms with Crippen molar-refractivity contribution in [1.82, 2.24) is 15.6 Å². The van der Waals surface area contributed by atoms with Crippen LogP contribution < -0.4 is 10.6 Å². The molecule has 1 saturated carbocycles. The number of carbonyl (C=O) groups is 1. The van der Waals surface area contributed by atoms with Crippen LogP contribution in [0.25, 0.3) is 10.8 Å². The molecule has 0 unspecified atom stereocenters. The molecule has 0 bridgehead atoms. The van der Waals surface area contributed by atoms with Gasteiger partial charge >= 0.3 is 0 Å². The molecule has 3 rings (SSSR count). The third kappa shape index (κ3) is 5.41. The zero-order valence-electron chi connectivity index (χ0n) is 14.8. The molecule has 25 heavy (non-hydrogen) atoms. The van der Waals surface area contributed by atoms with Crippen molar-refractivity contribution >= 4 is 17.2 Å². The van der Waals surface area contributed by atoms with Gasteiger partial charge in [-0.25, -0.2) is 4.98 Å². The lowest BCUT2D eigenvalue weighted by Gasteiger charge is -2.16. The first-order valence-electron chi connectivity index (χ1n) is 9.22. The number of rotatable bonds is 7. The van der Waals surface area contributed by atoms with E-state index >= 15 is 0 Å². The van der Waals surface area contributed by atoms with Gasteiger partial charge in [-0.2, -0.15) is 0 Å². The molecule has 1 aliphatic carbocycles. The van der Waals surface area contributed by atoms with Crippen LogP contribution >= 0.6 is 11.3 Å². The summed E-state index contributed by atoms with van der Waals surface area (Å²) >= 11 is 1.58. The number of amides is 1. The maximum absolute atomic E-state index is 12.1. The number of nitrogens with zero attached hydrogens (tertiary/aromatic N) is 1. The summed E-state index contributed by atoms with van der Waals surface area (Å²) < 4.78 is 5.68. The van der Waals surface area contributed by atoms with Gasteiger partial charge in [-0.15, -0.1) is 11.3 Å². The molecular weight excluding hydrogens is 334 g/mol. The molecule has 1 aliphatic rings. The highest BCUT2D eigenvalue weighted by molar-refractivity contribution is 7.13. The molecule has 0 aromatic carbocycles. The lowest BCUT2D eigenvalue weighted by Crippen LogP contribution is -2.37. The molecule has 1 fully saturated rings. The first-order chi connectivity index (χ1) is 12.2. The van der Waals surface area contributed by atoms with E-state index in [-0.39, 0.29) is 12.3 Å². The Bertz CT molecular complexity index is 658. The molecule has 6 heteroatoms. The predicted octanol–water partition coefficient (Wildman–Crippen LogP) is 3.68. The van der Waals surface area contributed by atoms with Crippen LogP contribution in [-0.4, -0.2) is 30.0 Å². The van der Waals surface area contributed by atoms with Crippen molar-refractivity contribution in [3.8, 4) is 10.8 Å². The summed E-state index contributed by atoms with van der Waals surface area (Å²) in [6.45, 7) is 3.35. The van der Waals surface area contributed by atoms with E-state index < -0.39 is 0 Å². The summed E-state index contributed by atoms with van der Waals surface area (Å²) in [5.74, 6) is 1.32. The summed E-state index contributed by atoms with van der Waals surface area (Å²) in [6, 6.07) is 4.55. The van der Waals surface area contributed by atoms with E-state index in [1.807, 2.05) is 24.4 Å². The molecule has 0 aliphatic heterocycles. The minimum absolute atomic E-state index is 0.00297. The number of hydrogen-bond donors (Lipinski definition) is 2. The van der Waals surface area contributed by atoms with Crippen molar-refractivity contribution < 1.29 is 9.21 Å². The maximum Gasteiger partial charge on any atom is 0.236 e. The minimum atomic E-state index is -0.00297. The van der Waals surface area contributed by atoms with Crippen molar-refractivity contribution in [3.05, 3.63) is 29.0 Å². The van der Waals surface area contributed by atoms with Crippen molar-refractivity contribution in [2.75, 3.05) is 13.1 Å². The number of carbonyl (C=O) groups excluding carboxylic acids is 1. The summed E-state index contributed by atoms with van der Waals surface area (Å²) in [6.07, 6.45) is 8.15. The molecule has 2 N–H and O–H groups in total. The first kappa shape index (κ1) is 18.1. The lowest BCUT2D eigenvalue weighted by molar-refractivity contribution is -0.120. The zero-order chi connectivity index (χ0) is 17.5. The Morgan fingerprint density at radius 2 is 2.08 bits per heavy atom. The molecule has 2 aromatic rings. The number of hydrogen-bond acceptors (Lipinski definition) is 5. The Labute approximate surface area is 153 Å². The third-order valence-electron chi connectivity index (χ3n) is 4.69. The van der Waals surface area contributed by atoms with Gasteiger partial charge < -0.3 is 15.1 Å². The van der Waals surface area contributed by atoms with Crippen LogP contribution in [0.3, 0.4) is 0 Å². The fraction of sp³-hybridized carbons (Fsp3) is 0.579. The Morgan fingerprint density at radius 1 is 1.28 bits per heavy atom. The highest BCUT2D eigenvalue weighted by atomic mass is 32.1. The number of thiophene rings is 1. The summed E-state index contributed by atoms with van der Waals surface area (Å²) in [5.41, 5.74) is 0.720. The van der Waals surface area contributed by atoms with Crippen molar-refractivity contribution in [2.45, 2.75) is 57.9 Å². The third-order valence-corrected chi connectivity index (χ3v) is 5.55. The molecule has 136 valence electrons. The second kappa shape index (κ2) is 9.15. The normalized spacial score (nSPS) is 15.9. The largest absolute Gasteiger partial charge is 0.440 e. The van der Waals surface area contributed by atoms with Gasteiger partial charge in [-0.05, 0) is 31.2 Å². The van der Waals surface area contributed by atoms with Gasteiger partial charge in [-0.3, -0.25) is 4.79 Å². The molecule has 2 aromatic heterocycles. The number of aryl methyl sites for hydroxylation is 1. The molecule has 0 spiro atoms. The average Bonchev–Trinajstić information content (AvgIpc) is 3.17. The van der Waals surface area contributed by atoms with Gasteiger partial charge in [0.1, 0.15) is 5.76 Å². The number of oxazole rings is 1. The average molecular weight is 362 g/mol. The quantitative estimate of drug-likeness (QED) is 0.583.